The molecule has 1 aliphatic rings. The summed E-state index contributed by atoms with van der Waals surface area (Å²) in [6.07, 6.45) is 2.02. The molecule has 1 unspecified atom stereocenters. The largest absolute Gasteiger partial charge is 0.467 e. The smallest absolute Gasteiger partial charge is 0.331 e. The van der Waals surface area contributed by atoms with Crippen LogP contribution in [0.15, 0.2) is 24.3 Å². The molecule has 0 aliphatic carbocycles. The molecule has 1 aromatic carbocycles. The lowest BCUT2D eigenvalue weighted by Crippen LogP contribution is -2.53. The maximum atomic E-state index is 12.6. The number of hydrogen-bond donors (Lipinski definition) is 0. The number of morpholine rings is 1. The number of carbonyl (C=O) groups is 2. The zero-order valence-electron chi connectivity index (χ0n) is 12.2. The lowest BCUT2D eigenvalue weighted by atomic mass is 10.1. The first kappa shape index (κ1) is 15.9. The second-order valence-electron chi connectivity index (χ2n) is 4.75. The molecule has 1 aromatic rings. The SMILES string of the molecule is COC(=O)C1COCCN1C(=O)c1cccc(CSC)c1. The Morgan fingerprint density at radius 1 is 1.48 bits per heavy atom. The van der Waals surface area contributed by atoms with Gasteiger partial charge in [0.05, 0.1) is 20.3 Å². The molecule has 0 spiro atoms. The first-order chi connectivity index (χ1) is 10.2. The molecule has 0 N–H and O–H groups in total. The van der Waals surface area contributed by atoms with Gasteiger partial charge in [0.1, 0.15) is 0 Å². The third-order valence-electron chi connectivity index (χ3n) is 3.35. The molecule has 1 heterocycles. The molecule has 1 amide bonds. The Hall–Kier alpha value is -1.53. The van der Waals surface area contributed by atoms with Crippen molar-refractivity contribution in [3.63, 3.8) is 0 Å². The molecule has 114 valence electrons. The Kier molecular flexibility index (Phi) is 5.64. The van der Waals surface area contributed by atoms with Crippen LogP contribution in [0.1, 0.15) is 15.9 Å². The van der Waals surface area contributed by atoms with Crippen molar-refractivity contribution in [1.82, 2.24) is 4.90 Å². The van der Waals surface area contributed by atoms with E-state index in [1.807, 2.05) is 24.5 Å². The van der Waals surface area contributed by atoms with E-state index in [0.29, 0.717) is 18.7 Å². The van der Waals surface area contributed by atoms with E-state index in [9.17, 15) is 9.59 Å². The van der Waals surface area contributed by atoms with E-state index < -0.39 is 12.0 Å². The van der Waals surface area contributed by atoms with Crippen molar-refractivity contribution in [3.05, 3.63) is 35.4 Å². The van der Waals surface area contributed by atoms with E-state index in [2.05, 4.69) is 0 Å². The molecule has 21 heavy (non-hydrogen) atoms. The van der Waals surface area contributed by atoms with Crippen molar-refractivity contribution in [1.29, 1.82) is 0 Å². The average Bonchev–Trinajstić information content (AvgIpc) is 2.54. The fourth-order valence-corrected chi connectivity index (χ4v) is 2.82. The summed E-state index contributed by atoms with van der Waals surface area (Å²) in [5, 5.41) is 0. The van der Waals surface area contributed by atoms with E-state index in [-0.39, 0.29) is 12.5 Å². The standard InChI is InChI=1S/C15H19NO4S/c1-19-15(18)13-9-20-7-6-16(13)14(17)12-5-3-4-11(8-12)10-21-2/h3-5,8,13H,6-7,9-10H2,1-2H3. The highest BCUT2D eigenvalue weighted by molar-refractivity contribution is 7.97. The van der Waals surface area contributed by atoms with Gasteiger partial charge in [0.2, 0.25) is 0 Å². The van der Waals surface area contributed by atoms with Gasteiger partial charge in [-0.2, -0.15) is 11.8 Å². The second kappa shape index (κ2) is 7.47. The first-order valence-corrected chi connectivity index (χ1v) is 8.11. The van der Waals surface area contributed by atoms with Crippen LogP contribution in [0.4, 0.5) is 0 Å². The first-order valence-electron chi connectivity index (χ1n) is 6.71. The number of carbonyl (C=O) groups excluding carboxylic acids is 2. The lowest BCUT2D eigenvalue weighted by Gasteiger charge is -2.33. The number of thioether (sulfide) groups is 1. The van der Waals surface area contributed by atoms with Gasteiger partial charge < -0.3 is 14.4 Å². The van der Waals surface area contributed by atoms with E-state index in [0.717, 1.165) is 11.3 Å². The summed E-state index contributed by atoms with van der Waals surface area (Å²) in [4.78, 5) is 26.0. The highest BCUT2D eigenvalue weighted by Gasteiger charge is 2.34. The third kappa shape index (κ3) is 3.77. The van der Waals surface area contributed by atoms with Crippen molar-refractivity contribution in [2.75, 3.05) is 33.1 Å². The van der Waals surface area contributed by atoms with Crippen LogP contribution in [0.3, 0.4) is 0 Å². The molecule has 5 nitrogen and oxygen atoms in total. The number of methoxy groups -OCH3 is 1. The zero-order valence-corrected chi connectivity index (χ0v) is 13.0. The number of amides is 1. The number of nitrogens with zero attached hydrogens (tertiary/aromatic N) is 1. The summed E-state index contributed by atoms with van der Waals surface area (Å²) in [7, 11) is 1.32. The number of hydrogen-bond acceptors (Lipinski definition) is 5. The van der Waals surface area contributed by atoms with E-state index in [1.54, 1.807) is 17.8 Å². The highest BCUT2D eigenvalue weighted by Crippen LogP contribution is 2.17. The van der Waals surface area contributed by atoms with Crippen molar-refractivity contribution in [2.24, 2.45) is 0 Å². The number of benzene rings is 1. The fourth-order valence-electron chi connectivity index (χ4n) is 2.30. The van der Waals surface area contributed by atoms with Crippen molar-refractivity contribution >= 4 is 23.6 Å². The topological polar surface area (TPSA) is 55.8 Å². The van der Waals surface area contributed by atoms with Crippen molar-refractivity contribution in [3.8, 4) is 0 Å². The van der Waals surface area contributed by atoms with Gasteiger partial charge >= 0.3 is 5.97 Å². The van der Waals surface area contributed by atoms with Gasteiger partial charge in [-0.1, -0.05) is 12.1 Å². The molecule has 0 bridgehead atoms. The van der Waals surface area contributed by atoms with Crippen LogP contribution >= 0.6 is 11.8 Å². The molecule has 1 fully saturated rings. The maximum Gasteiger partial charge on any atom is 0.331 e. The van der Waals surface area contributed by atoms with Crippen LogP contribution in [0.2, 0.25) is 0 Å². The second-order valence-corrected chi connectivity index (χ2v) is 5.61. The van der Waals surface area contributed by atoms with Crippen molar-refractivity contribution in [2.45, 2.75) is 11.8 Å². The van der Waals surface area contributed by atoms with Crippen LogP contribution < -0.4 is 0 Å². The maximum absolute atomic E-state index is 12.6. The summed E-state index contributed by atoms with van der Waals surface area (Å²) >= 11 is 1.70. The summed E-state index contributed by atoms with van der Waals surface area (Å²) < 4.78 is 10.0. The van der Waals surface area contributed by atoms with Crippen LogP contribution in [-0.2, 0) is 20.0 Å². The minimum absolute atomic E-state index is 0.156. The predicted octanol–water partition coefficient (Wildman–Crippen LogP) is 1.56. The van der Waals surface area contributed by atoms with Crippen LogP contribution in [0.5, 0.6) is 0 Å². The van der Waals surface area contributed by atoms with Gasteiger partial charge in [-0.15, -0.1) is 0 Å². The molecular formula is C15H19NO4S. The molecule has 1 atom stereocenters. The lowest BCUT2D eigenvalue weighted by molar-refractivity contribution is -0.151. The minimum atomic E-state index is -0.666. The van der Waals surface area contributed by atoms with Gasteiger partial charge in [0, 0.05) is 17.9 Å². The third-order valence-corrected chi connectivity index (χ3v) is 3.97. The van der Waals surface area contributed by atoms with Gasteiger partial charge in [-0.05, 0) is 24.0 Å². The number of ether oxygens (including phenoxy) is 2. The average molecular weight is 309 g/mol. The summed E-state index contributed by atoms with van der Waals surface area (Å²) in [6.45, 7) is 1.01. The fraction of sp³-hybridized carbons (Fsp3) is 0.467. The monoisotopic (exact) mass is 309 g/mol. The molecule has 6 heteroatoms. The van der Waals surface area contributed by atoms with Gasteiger partial charge in [-0.3, -0.25) is 4.79 Å². The Morgan fingerprint density at radius 3 is 3.00 bits per heavy atom. The summed E-state index contributed by atoms with van der Waals surface area (Å²) in [5.74, 6) is 0.255. The van der Waals surface area contributed by atoms with E-state index in [4.69, 9.17) is 9.47 Å². The molecule has 1 aliphatic heterocycles. The predicted molar refractivity (Wildman–Crippen MR) is 81.3 cm³/mol. The summed E-state index contributed by atoms with van der Waals surface area (Å²) in [5.41, 5.74) is 1.69. The van der Waals surface area contributed by atoms with E-state index in [1.165, 1.54) is 12.0 Å². The van der Waals surface area contributed by atoms with Gasteiger partial charge in [0.15, 0.2) is 6.04 Å². The normalized spacial score (nSPS) is 18.4. The molecule has 0 radical (unpaired) electrons. The van der Waals surface area contributed by atoms with E-state index >= 15 is 0 Å². The van der Waals surface area contributed by atoms with Gasteiger partial charge in [-0.25, -0.2) is 4.79 Å². The molecular weight excluding hydrogens is 290 g/mol. The summed E-state index contributed by atoms with van der Waals surface area (Å²) in [6, 6.07) is 6.84. The van der Waals surface area contributed by atoms with Crippen LogP contribution in [0.25, 0.3) is 0 Å². The van der Waals surface area contributed by atoms with Crippen molar-refractivity contribution < 1.29 is 19.1 Å². The molecule has 0 aromatic heterocycles. The Balaban J connectivity index is 2.20. The highest BCUT2D eigenvalue weighted by atomic mass is 32.2. The Morgan fingerprint density at radius 2 is 2.29 bits per heavy atom. The number of esters is 1. The zero-order chi connectivity index (χ0) is 15.2. The van der Waals surface area contributed by atoms with Gasteiger partial charge in [0.25, 0.3) is 5.91 Å². The molecule has 1 saturated heterocycles. The molecule has 0 saturated carbocycles. The number of rotatable bonds is 4. The van der Waals surface area contributed by atoms with Crippen LogP contribution in [-0.4, -0.2) is 55.9 Å². The molecule has 2 rings (SSSR count). The Bertz CT molecular complexity index is 520. The quantitative estimate of drug-likeness (QED) is 0.790. The minimum Gasteiger partial charge on any atom is -0.467 e. The Labute approximate surface area is 128 Å². The van der Waals surface area contributed by atoms with Crippen LogP contribution in [0, 0.1) is 0 Å².